The Bertz CT molecular complexity index is 328. The van der Waals surface area contributed by atoms with Crippen LogP contribution in [0.25, 0.3) is 0 Å². The zero-order valence-electron chi connectivity index (χ0n) is 7.90. The van der Waals surface area contributed by atoms with Crippen molar-refractivity contribution in [3.8, 4) is 0 Å². The lowest BCUT2D eigenvalue weighted by atomic mass is 10.2. The molecule has 76 valence electrons. The number of primary amides is 1. The number of aliphatic hydroxyl groups is 1. The van der Waals surface area contributed by atoms with Crippen LogP contribution < -0.4 is 11.1 Å². The van der Waals surface area contributed by atoms with Gasteiger partial charge in [0.25, 0.3) is 0 Å². The lowest BCUT2D eigenvalue weighted by Gasteiger charge is -2.10. The van der Waals surface area contributed by atoms with Crippen LogP contribution in [0.1, 0.15) is 5.56 Å². The maximum atomic E-state index is 10.5. The van der Waals surface area contributed by atoms with Crippen molar-refractivity contribution in [2.45, 2.75) is 13.0 Å². The van der Waals surface area contributed by atoms with E-state index in [4.69, 9.17) is 10.8 Å². The molecule has 1 unspecified atom stereocenters. The Hall–Kier alpha value is -1.62. The number of anilines is 1. The van der Waals surface area contributed by atoms with E-state index in [2.05, 4.69) is 10.3 Å². The minimum atomic E-state index is -1.16. The summed E-state index contributed by atoms with van der Waals surface area (Å²) in [5, 5.41) is 12.0. The summed E-state index contributed by atoms with van der Waals surface area (Å²) >= 11 is 0. The summed E-state index contributed by atoms with van der Waals surface area (Å²) in [6, 6.07) is 1.77. The van der Waals surface area contributed by atoms with E-state index >= 15 is 0 Å². The van der Waals surface area contributed by atoms with Crippen LogP contribution in [0.15, 0.2) is 18.5 Å². The van der Waals surface area contributed by atoms with E-state index in [9.17, 15) is 4.79 Å². The summed E-state index contributed by atoms with van der Waals surface area (Å²) in [4.78, 5) is 14.4. The number of pyridine rings is 1. The number of aryl methyl sites for hydroxylation is 1. The fourth-order valence-corrected chi connectivity index (χ4v) is 0.979. The predicted octanol–water partition coefficient (Wildman–Crippen LogP) is -0.352. The number of aromatic nitrogens is 1. The fraction of sp³-hybridized carbons (Fsp3) is 0.333. The molecule has 1 aromatic heterocycles. The molecule has 14 heavy (non-hydrogen) atoms. The Labute approximate surface area is 82.0 Å². The van der Waals surface area contributed by atoms with Crippen molar-refractivity contribution in [1.82, 2.24) is 4.98 Å². The predicted molar refractivity (Wildman–Crippen MR) is 52.7 cm³/mol. The Balaban J connectivity index is 2.54. The van der Waals surface area contributed by atoms with Crippen LogP contribution in [0.2, 0.25) is 0 Å². The Morgan fingerprint density at radius 3 is 3.07 bits per heavy atom. The lowest BCUT2D eigenvalue weighted by molar-refractivity contribution is -0.125. The summed E-state index contributed by atoms with van der Waals surface area (Å²) in [6.07, 6.45) is 2.16. The summed E-state index contributed by atoms with van der Waals surface area (Å²) in [6.45, 7) is 1.99. The van der Waals surface area contributed by atoms with E-state index in [-0.39, 0.29) is 6.54 Å². The maximum absolute atomic E-state index is 10.5. The van der Waals surface area contributed by atoms with Gasteiger partial charge in [-0.2, -0.15) is 0 Å². The molecule has 1 rings (SSSR count). The quantitative estimate of drug-likeness (QED) is 0.612. The van der Waals surface area contributed by atoms with Crippen molar-refractivity contribution < 1.29 is 9.90 Å². The van der Waals surface area contributed by atoms with Crippen molar-refractivity contribution in [3.63, 3.8) is 0 Å². The normalized spacial score (nSPS) is 12.1. The number of hydrogen-bond acceptors (Lipinski definition) is 4. The standard InChI is InChI=1S/C9H13N3O2/c1-6-4-11-3-2-7(6)12-5-8(13)9(10)14/h2-4,8,13H,5H2,1H3,(H2,10,14)(H,11,12). The molecule has 1 atom stereocenters. The molecule has 0 bridgehead atoms. The number of carbonyl (C=O) groups excluding carboxylic acids is 1. The van der Waals surface area contributed by atoms with Gasteiger partial charge in [0.05, 0.1) is 0 Å². The van der Waals surface area contributed by atoms with Gasteiger partial charge in [-0.15, -0.1) is 0 Å². The van der Waals surface area contributed by atoms with Gasteiger partial charge < -0.3 is 16.2 Å². The third-order valence-electron chi connectivity index (χ3n) is 1.83. The van der Waals surface area contributed by atoms with Gasteiger partial charge in [-0.25, -0.2) is 0 Å². The second-order valence-corrected chi connectivity index (χ2v) is 2.99. The Kier molecular flexibility index (Phi) is 3.41. The van der Waals surface area contributed by atoms with E-state index in [1.54, 1.807) is 18.5 Å². The minimum absolute atomic E-state index is 0.111. The molecule has 1 heterocycles. The van der Waals surface area contributed by atoms with Gasteiger partial charge >= 0.3 is 0 Å². The SMILES string of the molecule is Cc1cnccc1NCC(O)C(N)=O. The molecule has 5 heteroatoms. The van der Waals surface area contributed by atoms with Gasteiger partial charge in [-0.1, -0.05) is 0 Å². The summed E-state index contributed by atoms with van der Waals surface area (Å²) in [5.41, 5.74) is 6.68. The number of aliphatic hydroxyl groups excluding tert-OH is 1. The van der Waals surface area contributed by atoms with Crippen molar-refractivity contribution in [3.05, 3.63) is 24.0 Å². The molecule has 0 aliphatic heterocycles. The first-order valence-electron chi connectivity index (χ1n) is 4.23. The highest BCUT2D eigenvalue weighted by Crippen LogP contribution is 2.10. The van der Waals surface area contributed by atoms with Crippen molar-refractivity contribution in [2.24, 2.45) is 5.73 Å². The van der Waals surface area contributed by atoms with Crippen molar-refractivity contribution >= 4 is 11.6 Å². The lowest BCUT2D eigenvalue weighted by Crippen LogP contribution is -2.34. The van der Waals surface area contributed by atoms with Gasteiger partial charge in [0, 0.05) is 24.6 Å². The molecule has 0 aliphatic carbocycles. The zero-order chi connectivity index (χ0) is 10.6. The molecule has 1 amide bonds. The molecule has 0 aromatic carbocycles. The molecule has 1 aromatic rings. The van der Waals surface area contributed by atoms with E-state index in [1.807, 2.05) is 6.92 Å². The number of rotatable bonds is 4. The smallest absolute Gasteiger partial charge is 0.248 e. The Morgan fingerprint density at radius 2 is 2.50 bits per heavy atom. The molecule has 0 aliphatic rings. The molecule has 0 fully saturated rings. The molecule has 0 radical (unpaired) electrons. The first-order chi connectivity index (χ1) is 6.61. The zero-order valence-corrected chi connectivity index (χ0v) is 7.90. The monoisotopic (exact) mass is 195 g/mol. The average Bonchev–Trinajstić information content (AvgIpc) is 2.16. The number of carbonyl (C=O) groups is 1. The molecule has 4 N–H and O–H groups in total. The third kappa shape index (κ3) is 2.70. The minimum Gasteiger partial charge on any atom is -0.382 e. The van der Waals surface area contributed by atoms with Crippen LogP contribution in [0, 0.1) is 6.92 Å². The number of nitrogens with one attached hydrogen (secondary N) is 1. The second-order valence-electron chi connectivity index (χ2n) is 2.99. The highest BCUT2D eigenvalue weighted by Gasteiger charge is 2.10. The molecule has 0 spiro atoms. The van der Waals surface area contributed by atoms with Gasteiger partial charge in [-0.3, -0.25) is 9.78 Å². The summed E-state index contributed by atoms with van der Waals surface area (Å²) in [7, 11) is 0. The van der Waals surface area contributed by atoms with Crippen LogP contribution >= 0.6 is 0 Å². The van der Waals surface area contributed by atoms with E-state index in [0.717, 1.165) is 11.3 Å². The number of nitrogens with two attached hydrogens (primary N) is 1. The van der Waals surface area contributed by atoms with Crippen LogP contribution in [0.3, 0.4) is 0 Å². The fourth-order valence-electron chi connectivity index (χ4n) is 0.979. The molecule has 5 nitrogen and oxygen atoms in total. The van der Waals surface area contributed by atoms with E-state index < -0.39 is 12.0 Å². The maximum Gasteiger partial charge on any atom is 0.248 e. The highest BCUT2D eigenvalue weighted by molar-refractivity contribution is 5.79. The van der Waals surface area contributed by atoms with Crippen LogP contribution in [0.5, 0.6) is 0 Å². The van der Waals surface area contributed by atoms with Crippen LogP contribution in [-0.2, 0) is 4.79 Å². The highest BCUT2D eigenvalue weighted by atomic mass is 16.3. The Morgan fingerprint density at radius 1 is 1.79 bits per heavy atom. The van der Waals surface area contributed by atoms with Gasteiger partial charge in [-0.05, 0) is 18.6 Å². The third-order valence-corrected chi connectivity index (χ3v) is 1.83. The van der Waals surface area contributed by atoms with Crippen molar-refractivity contribution in [2.75, 3.05) is 11.9 Å². The van der Waals surface area contributed by atoms with Gasteiger partial charge in [0.2, 0.25) is 5.91 Å². The topological polar surface area (TPSA) is 88.2 Å². The average molecular weight is 195 g/mol. The molecular formula is C9H13N3O2. The number of hydrogen-bond donors (Lipinski definition) is 3. The second kappa shape index (κ2) is 4.57. The van der Waals surface area contributed by atoms with Crippen LogP contribution in [0.4, 0.5) is 5.69 Å². The molecule has 0 saturated heterocycles. The first-order valence-corrected chi connectivity index (χ1v) is 4.23. The summed E-state index contributed by atoms with van der Waals surface area (Å²) in [5.74, 6) is -0.732. The first kappa shape index (κ1) is 10.5. The van der Waals surface area contributed by atoms with E-state index in [1.165, 1.54) is 0 Å². The molecular weight excluding hydrogens is 182 g/mol. The number of amides is 1. The van der Waals surface area contributed by atoms with E-state index in [0.29, 0.717) is 0 Å². The van der Waals surface area contributed by atoms with Gasteiger partial charge in [0.1, 0.15) is 6.10 Å². The summed E-state index contributed by atoms with van der Waals surface area (Å²) < 4.78 is 0. The molecule has 0 saturated carbocycles. The van der Waals surface area contributed by atoms with Crippen molar-refractivity contribution in [1.29, 1.82) is 0 Å². The number of nitrogens with zero attached hydrogens (tertiary/aromatic N) is 1. The largest absolute Gasteiger partial charge is 0.382 e. The van der Waals surface area contributed by atoms with Crippen LogP contribution in [-0.4, -0.2) is 28.6 Å². The van der Waals surface area contributed by atoms with Gasteiger partial charge in [0.15, 0.2) is 0 Å².